The minimum Gasteiger partial charge on any atom is -0.457 e. The summed E-state index contributed by atoms with van der Waals surface area (Å²) in [4.78, 5) is 42.1. The number of benzene rings is 1. The van der Waals surface area contributed by atoms with Crippen molar-refractivity contribution >= 4 is 50.4 Å². The van der Waals surface area contributed by atoms with Crippen molar-refractivity contribution in [3.63, 3.8) is 0 Å². The first kappa shape index (κ1) is 21.5. The van der Waals surface area contributed by atoms with Crippen LogP contribution in [-0.2, 0) is 19.6 Å². The van der Waals surface area contributed by atoms with Gasteiger partial charge in [-0.1, -0.05) is 0 Å². The molecule has 12 heteroatoms. The van der Waals surface area contributed by atoms with Crippen molar-refractivity contribution in [1.29, 1.82) is 0 Å². The number of likely N-dealkylation sites (N-methyl/N-ethyl adjacent to an activating group) is 2. The number of imide groups is 2. The van der Waals surface area contributed by atoms with Crippen LogP contribution in [0.25, 0.3) is 17.4 Å². The van der Waals surface area contributed by atoms with Crippen LogP contribution in [0.5, 0.6) is 0 Å². The normalized spacial score (nSPS) is 14.8. The van der Waals surface area contributed by atoms with E-state index in [1.165, 1.54) is 49.8 Å². The standard InChI is InChI=1S/C20H16N4O6S2/c1-23-17(25)15(18(26)24(2)20(23)27)11-13-5-8-16(30-13)12-3-6-14(7-4-12)32(28,29)22-19-21-9-10-31-19/h3-11H,1-2H3,(H,21,22). The van der Waals surface area contributed by atoms with Gasteiger partial charge in [0.25, 0.3) is 21.8 Å². The molecule has 0 spiro atoms. The van der Waals surface area contributed by atoms with Crippen molar-refractivity contribution in [3.05, 3.63) is 59.3 Å². The molecule has 32 heavy (non-hydrogen) atoms. The van der Waals surface area contributed by atoms with Gasteiger partial charge >= 0.3 is 6.03 Å². The minimum atomic E-state index is -3.78. The third-order valence-electron chi connectivity index (χ3n) is 4.66. The van der Waals surface area contributed by atoms with Crippen molar-refractivity contribution < 1.29 is 27.2 Å². The molecule has 0 unspecified atom stereocenters. The average molecular weight is 473 g/mol. The summed E-state index contributed by atoms with van der Waals surface area (Å²) in [6.07, 6.45) is 2.77. The second kappa shape index (κ2) is 8.05. The molecule has 0 bridgehead atoms. The van der Waals surface area contributed by atoms with Gasteiger partial charge in [0, 0.05) is 31.2 Å². The van der Waals surface area contributed by atoms with E-state index >= 15 is 0 Å². The predicted molar refractivity (Wildman–Crippen MR) is 116 cm³/mol. The first-order valence-corrected chi connectivity index (χ1v) is 11.5. The average Bonchev–Trinajstić information content (AvgIpc) is 3.46. The van der Waals surface area contributed by atoms with Gasteiger partial charge in [-0.2, -0.15) is 0 Å². The van der Waals surface area contributed by atoms with Gasteiger partial charge in [0.05, 0.1) is 4.90 Å². The quantitative estimate of drug-likeness (QED) is 0.446. The molecule has 0 aliphatic carbocycles. The monoisotopic (exact) mass is 472 g/mol. The van der Waals surface area contributed by atoms with Crippen molar-refractivity contribution in [2.45, 2.75) is 4.90 Å². The number of furan rings is 1. The summed E-state index contributed by atoms with van der Waals surface area (Å²) in [6.45, 7) is 0. The van der Waals surface area contributed by atoms with E-state index in [1.807, 2.05) is 0 Å². The number of hydrogen-bond acceptors (Lipinski definition) is 8. The number of anilines is 1. The highest BCUT2D eigenvalue weighted by Crippen LogP contribution is 2.27. The molecular weight excluding hydrogens is 456 g/mol. The summed E-state index contributed by atoms with van der Waals surface area (Å²) in [6, 6.07) is 8.48. The third-order valence-corrected chi connectivity index (χ3v) is 6.83. The van der Waals surface area contributed by atoms with E-state index in [9.17, 15) is 22.8 Å². The number of carbonyl (C=O) groups excluding carboxylic acids is 3. The smallest absolute Gasteiger partial charge is 0.333 e. The maximum Gasteiger partial charge on any atom is 0.333 e. The summed E-state index contributed by atoms with van der Waals surface area (Å²) in [5.74, 6) is -0.811. The van der Waals surface area contributed by atoms with Crippen LogP contribution in [0.3, 0.4) is 0 Å². The Bertz CT molecular complexity index is 1310. The molecule has 164 valence electrons. The molecule has 3 heterocycles. The maximum absolute atomic E-state index is 12.4. The van der Waals surface area contributed by atoms with Gasteiger partial charge in [0.2, 0.25) is 0 Å². The van der Waals surface area contributed by atoms with E-state index in [0.717, 1.165) is 9.80 Å². The fourth-order valence-corrected chi connectivity index (χ4v) is 4.74. The van der Waals surface area contributed by atoms with Gasteiger partial charge in [-0.05, 0) is 42.5 Å². The molecule has 1 aliphatic heterocycles. The van der Waals surface area contributed by atoms with E-state index in [0.29, 0.717) is 11.3 Å². The summed E-state index contributed by atoms with van der Waals surface area (Å²) >= 11 is 1.17. The highest BCUT2D eigenvalue weighted by atomic mass is 32.2. The van der Waals surface area contributed by atoms with Crippen LogP contribution in [-0.4, -0.2) is 55.1 Å². The van der Waals surface area contributed by atoms with Gasteiger partial charge in [0.15, 0.2) is 5.13 Å². The van der Waals surface area contributed by atoms with Crippen LogP contribution in [0.1, 0.15) is 5.76 Å². The third kappa shape index (κ3) is 3.92. The number of amides is 4. The van der Waals surface area contributed by atoms with E-state index in [-0.39, 0.29) is 21.4 Å². The largest absolute Gasteiger partial charge is 0.457 e. The number of urea groups is 1. The minimum absolute atomic E-state index is 0.0551. The second-order valence-electron chi connectivity index (χ2n) is 6.74. The zero-order valence-corrected chi connectivity index (χ0v) is 18.4. The second-order valence-corrected chi connectivity index (χ2v) is 9.32. The van der Waals surface area contributed by atoms with Crippen molar-refractivity contribution in [3.8, 4) is 11.3 Å². The number of hydrogen-bond donors (Lipinski definition) is 1. The molecule has 0 radical (unpaired) electrons. The van der Waals surface area contributed by atoms with Gasteiger partial charge in [0.1, 0.15) is 17.1 Å². The van der Waals surface area contributed by atoms with E-state index in [1.54, 1.807) is 29.6 Å². The predicted octanol–water partition coefficient (Wildman–Crippen LogP) is 2.64. The molecule has 2 aromatic heterocycles. The fraction of sp³-hybridized carbons (Fsp3) is 0.100. The van der Waals surface area contributed by atoms with Gasteiger partial charge in [-0.3, -0.25) is 24.1 Å². The lowest BCUT2D eigenvalue weighted by molar-refractivity contribution is -0.134. The Morgan fingerprint density at radius 2 is 1.66 bits per heavy atom. The van der Waals surface area contributed by atoms with Crippen LogP contribution in [0, 0.1) is 0 Å². The molecule has 1 saturated heterocycles. The number of nitrogens with one attached hydrogen (secondary N) is 1. The van der Waals surface area contributed by atoms with Crippen LogP contribution in [0.4, 0.5) is 9.93 Å². The molecule has 0 atom stereocenters. The number of aromatic nitrogens is 1. The summed E-state index contributed by atoms with van der Waals surface area (Å²) in [5.41, 5.74) is 0.388. The molecule has 0 saturated carbocycles. The lowest BCUT2D eigenvalue weighted by Gasteiger charge is -2.28. The van der Waals surface area contributed by atoms with Crippen LogP contribution >= 0.6 is 11.3 Å². The molecule has 10 nitrogen and oxygen atoms in total. The Balaban J connectivity index is 1.56. The number of barbiturate groups is 1. The molecule has 1 aromatic carbocycles. The number of rotatable bonds is 5. The van der Waals surface area contributed by atoms with Crippen molar-refractivity contribution in [2.24, 2.45) is 0 Å². The summed E-state index contributed by atoms with van der Waals surface area (Å²) < 4.78 is 33.0. The van der Waals surface area contributed by atoms with E-state index < -0.39 is 27.9 Å². The number of thiazole rings is 1. The Morgan fingerprint density at radius 1 is 1.00 bits per heavy atom. The van der Waals surface area contributed by atoms with Crippen LogP contribution < -0.4 is 4.72 Å². The molecule has 1 aliphatic rings. The van der Waals surface area contributed by atoms with Crippen molar-refractivity contribution in [2.75, 3.05) is 18.8 Å². The Labute approximate surface area is 186 Å². The molecule has 4 rings (SSSR count). The Hall–Kier alpha value is -3.77. The highest BCUT2D eigenvalue weighted by molar-refractivity contribution is 7.93. The number of nitrogens with zero attached hydrogens (tertiary/aromatic N) is 3. The zero-order chi connectivity index (χ0) is 23.0. The first-order chi connectivity index (χ1) is 15.2. The summed E-state index contributed by atoms with van der Waals surface area (Å²) in [5, 5.41) is 1.93. The molecule has 4 amide bonds. The zero-order valence-electron chi connectivity index (χ0n) is 16.8. The van der Waals surface area contributed by atoms with Crippen LogP contribution in [0.2, 0.25) is 0 Å². The van der Waals surface area contributed by atoms with Gasteiger partial charge in [-0.25, -0.2) is 18.2 Å². The van der Waals surface area contributed by atoms with Crippen molar-refractivity contribution in [1.82, 2.24) is 14.8 Å². The number of carbonyl (C=O) groups is 3. The SMILES string of the molecule is CN1C(=O)C(=Cc2ccc(-c3ccc(S(=O)(=O)Nc4nccs4)cc3)o2)C(=O)N(C)C1=O. The lowest BCUT2D eigenvalue weighted by Crippen LogP contribution is -2.52. The van der Waals surface area contributed by atoms with Gasteiger partial charge in [-0.15, -0.1) is 11.3 Å². The molecule has 1 N–H and O–H groups in total. The molecule has 3 aromatic rings. The van der Waals surface area contributed by atoms with Crippen LogP contribution in [0.15, 0.2) is 62.9 Å². The summed E-state index contributed by atoms with van der Waals surface area (Å²) in [7, 11) is -1.21. The number of sulfonamides is 1. The lowest BCUT2D eigenvalue weighted by atomic mass is 10.1. The Morgan fingerprint density at radius 3 is 2.25 bits per heavy atom. The van der Waals surface area contributed by atoms with Gasteiger partial charge < -0.3 is 4.42 Å². The molecular formula is C20H16N4O6S2. The maximum atomic E-state index is 12.4. The fourth-order valence-electron chi connectivity index (χ4n) is 2.95. The first-order valence-electron chi connectivity index (χ1n) is 9.12. The topological polar surface area (TPSA) is 130 Å². The molecule has 1 fully saturated rings. The van der Waals surface area contributed by atoms with E-state index in [4.69, 9.17) is 4.42 Å². The highest BCUT2D eigenvalue weighted by Gasteiger charge is 2.38. The Kier molecular flexibility index (Phi) is 5.40. The van der Waals surface area contributed by atoms with E-state index in [2.05, 4.69) is 9.71 Å².